The maximum atomic E-state index is 5.56. The van der Waals surface area contributed by atoms with Gasteiger partial charge in [0.1, 0.15) is 0 Å². The van der Waals surface area contributed by atoms with Crippen LogP contribution in [0.5, 0.6) is 0 Å². The Morgan fingerprint density at radius 1 is 1.33 bits per heavy atom. The van der Waals surface area contributed by atoms with Crippen molar-refractivity contribution in [1.82, 2.24) is 5.32 Å². The van der Waals surface area contributed by atoms with Crippen LogP contribution < -0.4 is 11.1 Å². The van der Waals surface area contributed by atoms with E-state index in [1.165, 1.54) is 37.1 Å². The van der Waals surface area contributed by atoms with E-state index in [1.807, 2.05) is 0 Å². The summed E-state index contributed by atoms with van der Waals surface area (Å²) in [5.41, 5.74) is 8.41. The number of nitrogens with two attached hydrogens (primary N) is 1. The molecule has 2 heteroatoms. The first-order valence-electron chi connectivity index (χ1n) is 5.87. The van der Waals surface area contributed by atoms with Crippen molar-refractivity contribution in [1.29, 1.82) is 0 Å². The topological polar surface area (TPSA) is 38.0 Å². The molecule has 1 heterocycles. The van der Waals surface area contributed by atoms with Crippen molar-refractivity contribution in [3.05, 3.63) is 35.4 Å². The third kappa shape index (κ3) is 3.05. The highest BCUT2D eigenvalue weighted by Gasteiger charge is 2.14. The molecule has 0 aromatic heterocycles. The fourth-order valence-electron chi connectivity index (χ4n) is 2.30. The van der Waals surface area contributed by atoms with Gasteiger partial charge in [-0.3, -0.25) is 0 Å². The van der Waals surface area contributed by atoms with Crippen molar-refractivity contribution in [2.75, 3.05) is 19.6 Å². The summed E-state index contributed by atoms with van der Waals surface area (Å²) in [6.07, 6.45) is 3.53. The van der Waals surface area contributed by atoms with Crippen molar-refractivity contribution in [3.63, 3.8) is 0 Å². The minimum absolute atomic E-state index is 0.744. The number of benzene rings is 1. The molecule has 1 saturated heterocycles. The minimum atomic E-state index is 0.744. The monoisotopic (exact) mass is 204 g/mol. The molecule has 0 saturated carbocycles. The van der Waals surface area contributed by atoms with E-state index in [9.17, 15) is 0 Å². The molecule has 15 heavy (non-hydrogen) atoms. The standard InChI is InChI=1S/C13H20N2/c14-6-4-11-2-1-3-12(8-11)9-13-5-7-15-10-13/h1-3,8,13,15H,4-7,9-10,14H2. The average Bonchev–Trinajstić information content (AvgIpc) is 2.71. The quantitative estimate of drug-likeness (QED) is 0.776. The van der Waals surface area contributed by atoms with E-state index in [1.54, 1.807) is 0 Å². The summed E-state index contributed by atoms with van der Waals surface area (Å²) < 4.78 is 0. The molecule has 2 rings (SSSR count). The van der Waals surface area contributed by atoms with E-state index < -0.39 is 0 Å². The molecule has 1 aliphatic rings. The zero-order valence-corrected chi connectivity index (χ0v) is 9.21. The Kier molecular flexibility index (Phi) is 3.75. The smallest absolute Gasteiger partial charge is 0.00169 e. The molecule has 3 N–H and O–H groups in total. The number of rotatable bonds is 4. The fourth-order valence-corrected chi connectivity index (χ4v) is 2.30. The summed E-state index contributed by atoms with van der Waals surface area (Å²) in [6.45, 7) is 3.11. The Morgan fingerprint density at radius 3 is 2.93 bits per heavy atom. The number of hydrogen-bond donors (Lipinski definition) is 2. The summed E-state index contributed by atoms with van der Waals surface area (Å²) >= 11 is 0. The molecule has 0 amide bonds. The Bertz CT molecular complexity index is 303. The summed E-state index contributed by atoms with van der Waals surface area (Å²) in [4.78, 5) is 0. The van der Waals surface area contributed by atoms with Gasteiger partial charge in [-0.1, -0.05) is 24.3 Å². The Morgan fingerprint density at radius 2 is 2.20 bits per heavy atom. The second-order valence-corrected chi connectivity index (χ2v) is 4.42. The third-order valence-electron chi connectivity index (χ3n) is 3.11. The van der Waals surface area contributed by atoms with E-state index in [2.05, 4.69) is 29.6 Å². The van der Waals surface area contributed by atoms with Crippen LogP contribution >= 0.6 is 0 Å². The van der Waals surface area contributed by atoms with Crippen LogP contribution in [0.3, 0.4) is 0 Å². The van der Waals surface area contributed by atoms with E-state index in [0.717, 1.165) is 18.9 Å². The fraction of sp³-hybridized carbons (Fsp3) is 0.538. The molecule has 1 aliphatic heterocycles. The lowest BCUT2D eigenvalue weighted by molar-refractivity contribution is 0.580. The van der Waals surface area contributed by atoms with Crippen LogP contribution in [0.25, 0.3) is 0 Å². The highest BCUT2D eigenvalue weighted by atomic mass is 14.9. The number of nitrogens with one attached hydrogen (secondary N) is 1. The van der Waals surface area contributed by atoms with E-state index in [4.69, 9.17) is 5.73 Å². The third-order valence-corrected chi connectivity index (χ3v) is 3.11. The molecule has 0 aliphatic carbocycles. The maximum Gasteiger partial charge on any atom is -0.00169 e. The lowest BCUT2D eigenvalue weighted by Gasteiger charge is -2.09. The first-order chi connectivity index (χ1) is 7.38. The Labute approximate surface area is 91.9 Å². The van der Waals surface area contributed by atoms with Gasteiger partial charge < -0.3 is 11.1 Å². The van der Waals surface area contributed by atoms with Crippen molar-refractivity contribution >= 4 is 0 Å². The molecule has 1 aromatic carbocycles. The van der Waals surface area contributed by atoms with Crippen molar-refractivity contribution in [3.8, 4) is 0 Å². The average molecular weight is 204 g/mol. The van der Waals surface area contributed by atoms with E-state index in [-0.39, 0.29) is 0 Å². The van der Waals surface area contributed by atoms with Gasteiger partial charge in [0.15, 0.2) is 0 Å². The normalized spacial score (nSPS) is 20.7. The van der Waals surface area contributed by atoms with Gasteiger partial charge in [-0.05, 0) is 55.9 Å². The maximum absolute atomic E-state index is 5.56. The zero-order valence-electron chi connectivity index (χ0n) is 9.21. The van der Waals surface area contributed by atoms with Gasteiger partial charge in [-0.2, -0.15) is 0 Å². The second kappa shape index (κ2) is 5.29. The van der Waals surface area contributed by atoms with Crippen molar-refractivity contribution in [2.45, 2.75) is 19.3 Å². The molecule has 0 radical (unpaired) electrons. The highest BCUT2D eigenvalue weighted by molar-refractivity contribution is 5.24. The summed E-state index contributed by atoms with van der Waals surface area (Å²) in [5, 5.41) is 3.41. The lowest BCUT2D eigenvalue weighted by atomic mass is 9.97. The Balaban J connectivity index is 1.97. The molecule has 0 bridgehead atoms. The summed E-state index contributed by atoms with van der Waals surface area (Å²) in [6, 6.07) is 8.87. The molecular formula is C13H20N2. The van der Waals surface area contributed by atoms with Crippen LogP contribution in [0.2, 0.25) is 0 Å². The molecule has 2 nitrogen and oxygen atoms in total. The van der Waals surface area contributed by atoms with Gasteiger partial charge in [-0.15, -0.1) is 0 Å². The molecular weight excluding hydrogens is 184 g/mol. The Hall–Kier alpha value is -0.860. The summed E-state index contributed by atoms with van der Waals surface area (Å²) in [5.74, 6) is 0.832. The van der Waals surface area contributed by atoms with Crippen LogP contribution in [0, 0.1) is 5.92 Å². The van der Waals surface area contributed by atoms with Crippen LogP contribution in [0.1, 0.15) is 17.5 Å². The van der Waals surface area contributed by atoms with Crippen LogP contribution in [-0.4, -0.2) is 19.6 Å². The predicted molar refractivity (Wildman–Crippen MR) is 63.9 cm³/mol. The first-order valence-corrected chi connectivity index (χ1v) is 5.87. The molecule has 1 fully saturated rings. The zero-order chi connectivity index (χ0) is 10.5. The van der Waals surface area contributed by atoms with Crippen LogP contribution in [-0.2, 0) is 12.8 Å². The first kappa shape index (κ1) is 10.7. The minimum Gasteiger partial charge on any atom is -0.330 e. The van der Waals surface area contributed by atoms with E-state index >= 15 is 0 Å². The van der Waals surface area contributed by atoms with Gasteiger partial charge in [0.05, 0.1) is 0 Å². The molecule has 0 spiro atoms. The highest BCUT2D eigenvalue weighted by Crippen LogP contribution is 2.16. The second-order valence-electron chi connectivity index (χ2n) is 4.42. The van der Waals surface area contributed by atoms with Crippen LogP contribution in [0.4, 0.5) is 0 Å². The van der Waals surface area contributed by atoms with Crippen molar-refractivity contribution < 1.29 is 0 Å². The molecule has 82 valence electrons. The SMILES string of the molecule is NCCc1cccc(CC2CCNC2)c1. The van der Waals surface area contributed by atoms with Gasteiger partial charge >= 0.3 is 0 Å². The van der Waals surface area contributed by atoms with Gasteiger partial charge in [-0.25, -0.2) is 0 Å². The van der Waals surface area contributed by atoms with Gasteiger partial charge in [0.2, 0.25) is 0 Å². The van der Waals surface area contributed by atoms with Gasteiger partial charge in [0.25, 0.3) is 0 Å². The lowest BCUT2D eigenvalue weighted by Crippen LogP contribution is -2.11. The molecule has 1 atom stereocenters. The van der Waals surface area contributed by atoms with Crippen molar-refractivity contribution in [2.24, 2.45) is 11.7 Å². The van der Waals surface area contributed by atoms with Gasteiger partial charge in [0, 0.05) is 0 Å². The largest absolute Gasteiger partial charge is 0.330 e. The molecule has 1 aromatic rings. The molecule has 1 unspecified atom stereocenters. The predicted octanol–water partition coefficient (Wildman–Crippen LogP) is 1.34. The number of hydrogen-bond acceptors (Lipinski definition) is 2. The van der Waals surface area contributed by atoms with E-state index in [0.29, 0.717) is 0 Å². The summed E-state index contributed by atoms with van der Waals surface area (Å²) in [7, 11) is 0. The van der Waals surface area contributed by atoms with Crippen LogP contribution in [0.15, 0.2) is 24.3 Å².